The zero-order valence-electron chi connectivity index (χ0n) is 12.6. The van der Waals surface area contributed by atoms with Crippen LogP contribution in [0.1, 0.15) is 37.3 Å². The van der Waals surface area contributed by atoms with Crippen LogP contribution in [-0.4, -0.2) is 40.4 Å². The van der Waals surface area contributed by atoms with Gasteiger partial charge in [0.25, 0.3) is 0 Å². The molecule has 1 aromatic carbocycles. The van der Waals surface area contributed by atoms with Crippen LogP contribution in [0.3, 0.4) is 0 Å². The maximum Gasteiger partial charge on any atom is 0.232 e. The Labute approximate surface area is 130 Å². The van der Waals surface area contributed by atoms with Crippen molar-refractivity contribution in [3.63, 3.8) is 0 Å². The number of aryl methyl sites for hydroxylation is 2. The average Bonchev–Trinajstić information content (AvgIpc) is 2.92. The molecule has 21 heavy (non-hydrogen) atoms. The molecule has 1 heterocycles. The molecule has 1 aliphatic carbocycles. The molecule has 0 radical (unpaired) electrons. The van der Waals surface area contributed by atoms with Gasteiger partial charge in [0.05, 0.1) is 11.4 Å². The maximum atomic E-state index is 12.2. The fourth-order valence-corrected chi connectivity index (χ4v) is 3.97. The van der Waals surface area contributed by atoms with E-state index in [1.165, 1.54) is 35.3 Å². The lowest BCUT2D eigenvalue weighted by Crippen LogP contribution is -2.45. The molecular formula is C17H23NO2S. The average molecular weight is 305 g/mol. The SMILES string of the molecule is CC1(O)CCN(C(=O)CSc2ccc3c(c2)CCC3)CC1. The first-order valence-electron chi connectivity index (χ1n) is 7.78. The second-order valence-electron chi connectivity index (χ2n) is 6.45. The summed E-state index contributed by atoms with van der Waals surface area (Å²) in [5, 5.41) is 9.93. The molecule has 1 amide bonds. The molecule has 1 N–H and O–H groups in total. The number of hydrogen-bond donors (Lipinski definition) is 1. The molecule has 0 aromatic heterocycles. The molecule has 1 aliphatic heterocycles. The minimum absolute atomic E-state index is 0.191. The van der Waals surface area contributed by atoms with Crippen molar-refractivity contribution in [1.82, 2.24) is 4.90 Å². The topological polar surface area (TPSA) is 40.5 Å². The Morgan fingerprint density at radius 2 is 2.00 bits per heavy atom. The highest BCUT2D eigenvalue weighted by atomic mass is 32.2. The number of piperidine rings is 1. The Morgan fingerprint density at radius 1 is 1.29 bits per heavy atom. The summed E-state index contributed by atoms with van der Waals surface area (Å²) in [6, 6.07) is 6.61. The van der Waals surface area contributed by atoms with Gasteiger partial charge in [0, 0.05) is 18.0 Å². The van der Waals surface area contributed by atoms with Crippen LogP contribution in [0.15, 0.2) is 23.1 Å². The highest BCUT2D eigenvalue weighted by molar-refractivity contribution is 8.00. The van der Waals surface area contributed by atoms with E-state index in [1.54, 1.807) is 11.8 Å². The summed E-state index contributed by atoms with van der Waals surface area (Å²) >= 11 is 1.63. The number of aliphatic hydroxyl groups is 1. The minimum Gasteiger partial charge on any atom is -0.390 e. The Morgan fingerprint density at radius 3 is 2.76 bits per heavy atom. The number of fused-ring (bicyclic) bond motifs is 1. The van der Waals surface area contributed by atoms with E-state index >= 15 is 0 Å². The lowest BCUT2D eigenvalue weighted by atomic mass is 9.94. The third-order valence-corrected chi connectivity index (χ3v) is 5.60. The van der Waals surface area contributed by atoms with Gasteiger partial charge in [-0.05, 0) is 62.3 Å². The van der Waals surface area contributed by atoms with E-state index in [9.17, 15) is 9.90 Å². The Hall–Kier alpha value is -1.00. The fourth-order valence-electron chi connectivity index (χ4n) is 3.11. The van der Waals surface area contributed by atoms with Gasteiger partial charge < -0.3 is 10.0 Å². The summed E-state index contributed by atoms with van der Waals surface area (Å²) in [5.41, 5.74) is 2.34. The summed E-state index contributed by atoms with van der Waals surface area (Å²) in [5.74, 6) is 0.692. The first kappa shape index (κ1) is 14.9. The van der Waals surface area contributed by atoms with E-state index in [0.29, 0.717) is 31.7 Å². The van der Waals surface area contributed by atoms with Gasteiger partial charge in [-0.25, -0.2) is 0 Å². The molecule has 1 saturated heterocycles. The van der Waals surface area contributed by atoms with Gasteiger partial charge in [0.15, 0.2) is 0 Å². The molecule has 0 atom stereocenters. The van der Waals surface area contributed by atoms with Crippen molar-refractivity contribution in [2.24, 2.45) is 0 Å². The number of carbonyl (C=O) groups is 1. The van der Waals surface area contributed by atoms with E-state index < -0.39 is 5.60 Å². The van der Waals surface area contributed by atoms with Gasteiger partial charge in [0.1, 0.15) is 0 Å². The molecule has 114 valence electrons. The van der Waals surface area contributed by atoms with E-state index in [4.69, 9.17) is 0 Å². The first-order chi connectivity index (χ1) is 10.0. The van der Waals surface area contributed by atoms with Crippen molar-refractivity contribution in [3.8, 4) is 0 Å². The molecule has 4 heteroatoms. The highest BCUT2D eigenvalue weighted by Crippen LogP contribution is 2.28. The smallest absolute Gasteiger partial charge is 0.232 e. The number of carbonyl (C=O) groups excluding carboxylic acids is 1. The van der Waals surface area contributed by atoms with Crippen LogP contribution in [-0.2, 0) is 17.6 Å². The van der Waals surface area contributed by atoms with Gasteiger partial charge in [-0.1, -0.05) is 6.07 Å². The van der Waals surface area contributed by atoms with Crippen LogP contribution in [0.2, 0.25) is 0 Å². The minimum atomic E-state index is -0.593. The Kier molecular flexibility index (Phi) is 4.27. The van der Waals surface area contributed by atoms with E-state index in [-0.39, 0.29) is 5.91 Å². The van der Waals surface area contributed by atoms with Crippen LogP contribution in [0, 0.1) is 0 Å². The third kappa shape index (κ3) is 3.61. The zero-order valence-corrected chi connectivity index (χ0v) is 13.4. The van der Waals surface area contributed by atoms with Crippen LogP contribution in [0.4, 0.5) is 0 Å². The molecule has 0 unspecified atom stereocenters. The summed E-state index contributed by atoms with van der Waals surface area (Å²) < 4.78 is 0. The van der Waals surface area contributed by atoms with Gasteiger partial charge in [-0.3, -0.25) is 4.79 Å². The summed E-state index contributed by atoms with van der Waals surface area (Å²) in [4.78, 5) is 15.3. The standard InChI is InChI=1S/C17H23NO2S/c1-17(20)7-9-18(10-8-17)16(19)12-21-15-6-5-13-3-2-4-14(13)11-15/h5-6,11,20H,2-4,7-10,12H2,1H3. The fraction of sp³-hybridized carbons (Fsp3) is 0.588. The van der Waals surface area contributed by atoms with Crippen molar-refractivity contribution in [1.29, 1.82) is 0 Å². The van der Waals surface area contributed by atoms with E-state index in [1.807, 2.05) is 11.8 Å². The first-order valence-corrected chi connectivity index (χ1v) is 8.77. The van der Waals surface area contributed by atoms with Crippen molar-refractivity contribution in [3.05, 3.63) is 29.3 Å². The predicted octanol–water partition coefficient (Wildman–Crippen LogP) is 2.64. The third-order valence-electron chi connectivity index (χ3n) is 4.63. The van der Waals surface area contributed by atoms with Gasteiger partial charge in [-0.15, -0.1) is 11.8 Å². The zero-order chi connectivity index (χ0) is 14.9. The maximum absolute atomic E-state index is 12.2. The molecule has 3 rings (SSSR count). The number of hydrogen-bond acceptors (Lipinski definition) is 3. The summed E-state index contributed by atoms with van der Waals surface area (Å²) in [7, 11) is 0. The normalized spacial score (nSPS) is 20.4. The monoisotopic (exact) mass is 305 g/mol. The van der Waals surface area contributed by atoms with E-state index in [0.717, 1.165) is 0 Å². The highest BCUT2D eigenvalue weighted by Gasteiger charge is 2.29. The number of likely N-dealkylation sites (tertiary alicyclic amines) is 1. The molecule has 0 spiro atoms. The van der Waals surface area contributed by atoms with Crippen molar-refractivity contribution in [2.45, 2.75) is 49.5 Å². The van der Waals surface area contributed by atoms with Crippen molar-refractivity contribution < 1.29 is 9.90 Å². The molecule has 0 bridgehead atoms. The molecule has 3 nitrogen and oxygen atoms in total. The lowest BCUT2D eigenvalue weighted by Gasteiger charge is -2.35. The largest absolute Gasteiger partial charge is 0.390 e. The summed E-state index contributed by atoms with van der Waals surface area (Å²) in [6.07, 6.45) is 5.01. The van der Waals surface area contributed by atoms with Crippen LogP contribution >= 0.6 is 11.8 Å². The second kappa shape index (κ2) is 6.01. The number of rotatable bonds is 3. The van der Waals surface area contributed by atoms with Crippen LogP contribution in [0.5, 0.6) is 0 Å². The molecular weight excluding hydrogens is 282 g/mol. The lowest BCUT2D eigenvalue weighted by molar-refractivity contribution is -0.132. The van der Waals surface area contributed by atoms with Crippen LogP contribution in [0.25, 0.3) is 0 Å². The molecule has 1 aromatic rings. The number of thioether (sulfide) groups is 1. The van der Waals surface area contributed by atoms with Gasteiger partial charge in [0.2, 0.25) is 5.91 Å². The summed E-state index contributed by atoms with van der Waals surface area (Å²) in [6.45, 7) is 3.21. The van der Waals surface area contributed by atoms with Crippen LogP contribution < -0.4 is 0 Å². The predicted molar refractivity (Wildman–Crippen MR) is 85.6 cm³/mol. The quantitative estimate of drug-likeness (QED) is 0.873. The van der Waals surface area contributed by atoms with Gasteiger partial charge >= 0.3 is 0 Å². The number of benzene rings is 1. The molecule has 1 fully saturated rings. The van der Waals surface area contributed by atoms with E-state index in [2.05, 4.69) is 18.2 Å². The Balaban J connectivity index is 1.52. The van der Waals surface area contributed by atoms with Crippen molar-refractivity contribution in [2.75, 3.05) is 18.8 Å². The van der Waals surface area contributed by atoms with Gasteiger partial charge in [-0.2, -0.15) is 0 Å². The molecule has 2 aliphatic rings. The number of amides is 1. The second-order valence-corrected chi connectivity index (χ2v) is 7.50. The Bertz CT molecular complexity index is 532. The van der Waals surface area contributed by atoms with Crippen molar-refractivity contribution >= 4 is 17.7 Å². The number of nitrogens with zero attached hydrogens (tertiary/aromatic N) is 1. The molecule has 0 saturated carbocycles.